The van der Waals surface area contributed by atoms with Gasteiger partial charge in [0.15, 0.2) is 0 Å². The highest BCUT2D eigenvalue weighted by Gasteiger charge is 2.16. The van der Waals surface area contributed by atoms with Crippen LogP contribution in [0.2, 0.25) is 0 Å². The summed E-state index contributed by atoms with van der Waals surface area (Å²) in [6, 6.07) is 8.85. The Morgan fingerprint density at radius 3 is 3.20 bits per heavy atom. The van der Waals surface area contributed by atoms with E-state index in [9.17, 15) is 0 Å². The molecule has 0 aliphatic carbocycles. The van der Waals surface area contributed by atoms with Gasteiger partial charge < -0.3 is 4.90 Å². The van der Waals surface area contributed by atoms with E-state index in [1.54, 1.807) is 0 Å². The number of allylic oxidation sites excluding steroid dienone is 5. The number of fused-ring (bicyclic) bond motifs is 2. The summed E-state index contributed by atoms with van der Waals surface area (Å²) in [5.41, 5.74) is 4.85. The van der Waals surface area contributed by atoms with Crippen molar-refractivity contribution in [2.24, 2.45) is 0 Å². The lowest BCUT2D eigenvalue weighted by molar-refractivity contribution is 0.526. The Kier molecular flexibility index (Phi) is 2.49. The minimum atomic E-state index is 0.803. The lowest BCUT2D eigenvalue weighted by Gasteiger charge is -2.27. The molecule has 20 heavy (non-hydrogen) atoms. The summed E-state index contributed by atoms with van der Waals surface area (Å²) < 4.78 is 0. The van der Waals surface area contributed by atoms with Crippen molar-refractivity contribution >= 4 is 16.6 Å². The summed E-state index contributed by atoms with van der Waals surface area (Å²) in [5, 5.41) is 0. The quantitative estimate of drug-likeness (QED) is 0.787. The van der Waals surface area contributed by atoms with Crippen molar-refractivity contribution < 1.29 is 0 Å². The lowest BCUT2D eigenvalue weighted by atomic mass is 10.0. The standard InChI is InChI=1S/C17H12N3/c1-2-8-15-14(7-1)18-12-16(19-15)13-6-5-11-20-10-4-3-9-17(13)20/h1-6,8-10,12H,11H2. The molecule has 0 amide bonds. The van der Waals surface area contributed by atoms with Gasteiger partial charge in [0, 0.05) is 24.4 Å². The summed E-state index contributed by atoms with van der Waals surface area (Å²) in [4.78, 5) is 11.4. The molecule has 0 N–H and O–H groups in total. The highest BCUT2D eigenvalue weighted by Crippen LogP contribution is 2.28. The zero-order valence-corrected chi connectivity index (χ0v) is 10.8. The molecule has 1 radical (unpaired) electrons. The predicted octanol–water partition coefficient (Wildman–Crippen LogP) is 3.10. The maximum atomic E-state index is 4.70. The number of para-hydroxylation sites is 1. The second-order valence-electron chi connectivity index (χ2n) is 4.71. The summed E-state index contributed by atoms with van der Waals surface area (Å²) in [7, 11) is 0. The zero-order chi connectivity index (χ0) is 13.4. The molecule has 1 aromatic carbocycles. The molecule has 1 aromatic heterocycles. The summed E-state index contributed by atoms with van der Waals surface area (Å²) in [6.07, 6.45) is 14.4. The van der Waals surface area contributed by atoms with Gasteiger partial charge in [-0.05, 0) is 18.2 Å². The fourth-order valence-corrected chi connectivity index (χ4v) is 2.49. The Morgan fingerprint density at radius 1 is 1.20 bits per heavy atom. The van der Waals surface area contributed by atoms with Gasteiger partial charge in [0.1, 0.15) is 0 Å². The molecular formula is C17H12N3. The molecule has 95 valence electrons. The largest absolute Gasteiger partial charge is 0.344 e. The van der Waals surface area contributed by atoms with Crippen LogP contribution in [-0.2, 0) is 0 Å². The molecule has 0 saturated carbocycles. The first-order valence-corrected chi connectivity index (χ1v) is 6.58. The molecule has 4 rings (SSSR count). The number of benzene rings is 1. The van der Waals surface area contributed by atoms with Crippen LogP contribution in [0.3, 0.4) is 0 Å². The monoisotopic (exact) mass is 258 g/mol. The second-order valence-corrected chi connectivity index (χ2v) is 4.71. The number of nitrogens with zero attached hydrogens (tertiary/aromatic N) is 3. The normalized spacial score (nSPS) is 16.9. The van der Waals surface area contributed by atoms with Crippen LogP contribution < -0.4 is 0 Å². The van der Waals surface area contributed by atoms with Gasteiger partial charge in [-0.1, -0.05) is 30.4 Å². The Morgan fingerprint density at radius 2 is 2.20 bits per heavy atom. The van der Waals surface area contributed by atoms with E-state index in [4.69, 9.17) is 4.98 Å². The molecule has 0 spiro atoms. The van der Waals surface area contributed by atoms with Crippen molar-refractivity contribution in [1.82, 2.24) is 14.9 Å². The smallest absolute Gasteiger partial charge is 0.0966 e. The van der Waals surface area contributed by atoms with Crippen LogP contribution in [0.5, 0.6) is 0 Å². The van der Waals surface area contributed by atoms with Crippen molar-refractivity contribution in [3.8, 4) is 0 Å². The van der Waals surface area contributed by atoms with Gasteiger partial charge in [0.25, 0.3) is 0 Å². The van der Waals surface area contributed by atoms with E-state index in [-0.39, 0.29) is 0 Å². The van der Waals surface area contributed by atoms with Crippen LogP contribution in [0.1, 0.15) is 5.69 Å². The van der Waals surface area contributed by atoms with Crippen LogP contribution in [0.25, 0.3) is 16.6 Å². The van der Waals surface area contributed by atoms with Crippen LogP contribution in [-0.4, -0.2) is 21.4 Å². The molecule has 2 aliphatic heterocycles. The predicted molar refractivity (Wildman–Crippen MR) is 79.4 cm³/mol. The van der Waals surface area contributed by atoms with E-state index in [1.807, 2.05) is 36.5 Å². The topological polar surface area (TPSA) is 29.0 Å². The van der Waals surface area contributed by atoms with Crippen molar-refractivity contribution in [3.63, 3.8) is 0 Å². The van der Waals surface area contributed by atoms with E-state index >= 15 is 0 Å². The highest BCUT2D eigenvalue weighted by molar-refractivity contribution is 5.81. The maximum Gasteiger partial charge on any atom is 0.0966 e. The van der Waals surface area contributed by atoms with Crippen LogP contribution in [0.15, 0.2) is 66.7 Å². The Labute approximate surface area is 117 Å². The lowest BCUT2D eigenvalue weighted by Crippen LogP contribution is -2.21. The third-order valence-corrected chi connectivity index (χ3v) is 3.45. The van der Waals surface area contributed by atoms with E-state index in [1.165, 1.54) is 5.70 Å². The fraction of sp³-hybridized carbons (Fsp3) is 0.0588. The van der Waals surface area contributed by atoms with Gasteiger partial charge in [0.05, 0.1) is 28.6 Å². The molecular weight excluding hydrogens is 246 g/mol. The fourth-order valence-electron chi connectivity index (χ4n) is 2.49. The van der Waals surface area contributed by atoms with Crippen molar-refractivity contribution in [3.05, 3.63) is 78.4 Å². The average Bonchev–Trinajstić information content (AvgIpc) is 2.54. The van der Waals surface area contributed by atoms with Gasteiger partial charge in [0.2, 0.25) is 0 Å². The first kappa shape index (κ1) is 11.2. The molecule has 0 unspecified atom stereocenters. The minimum absolute atomic E-state index is 0.803. The summed E-state index contributed by atoms with van der Waals surface area (Å²) in [6.45, 7) is 0.897. The number of rotatable bonds is 1. The number of hydrogen-bond donors (Lipinski definition) is 0. The minimum Gasteiger partial charge on any atom is -0.344 e. The molecule has 0 atom stereocenters. The maximum absolute atomic E-state index is 4.70. The Bertz CT molecular complexity index is 797. The van der Waals surface area contributed by atoms with Crippen molar-refractivity contribution in [2.75, 3.05) is 6.54 Å². The molecule has 3 nitrogen and oxygen atoms in total. The second kappa shape index (κ2) is 4.46. The van der Waals surface area contributed by atoms with Gasteiger partial charge in [-0.25, -0.2) is 4.98 Å². The van der Waals surface area contributed by atoms with Crippen LogP contribution >= 0.6 is 0 Å². The SMILES string of the molecule is [c]1cccc2nc(C3=C4C=CC=CN4CC=C3)cnc12. The Balaban J connectivity index is 1.89. The molecule has 0 fully saturated rings. The molecule has 0 saturated heterocycles. The first-order chi connectivity index (χ1) is 9.92. The van der Waals surface area contributed by atoms with E-state index < -0.39 is 0 Å². The third-order valence-electron chi connectivity index (χ3n) is 3.45. The number of hydrogen-bond acceptors (Lipinski definition) is 3. The third kappa shape index (κ3) is 1.75. The van der Waals surface area contributed by atoms with Crippen molar-refractivity contribution in [1.29, 1.82) is 0 Å². The van der Waals surface area contributed by atoms with Gasteiger partial charge in [-0.2, -0.15) is 0 Å². The summed E-state index contributed by atoms with van der Waals surface area (Å²) in [5.74, 6) is 0. The molecule has 2 aliphatic rings. The summed E-state index contributed by atoms with van der Waals surface area (Å²) >= 11 is 0. The Hall–Kier alpha value is -2.68. The highest BCUT2D eigenvalue weighted by atomic mass is 15.1. The molecule has 0 bridgehead atoms. The van der Waals surface area contributed by atoms with E-state index in [0.29, 0.717) is 0 Å². The van der Waals surface area contributed by atoms with Gasteiger partial charge in [-0.3, -0.25) is 4.98 Å². The van der Waals surface area contributed by atoms with Gasteiger partial charge >= 0.3 is 0 Å². The zero-order valence-electron chi connectivity index (χ0n) is 10.8. The van der Waals surface area contributed by atoms with E-state index in [2.05, 4.69) is 40.4 Å². The number of aromatic nitrogens is 2. The van der Waals surface area contributed by atoms with Gasteiger partial charge in [-0.15, -0.1) is 0 Å². The van der Waals surface area contributed by atoms with Crippen LogP contribution in [0, 0.1) is 6.07 Å². The molecule has 3 heterocycles. The molecule has 3 heteroatoms. The molecule has 2 aromatic rings. The van der Waals surface area contributed by atoms with Crippen LogP contribution in [0.4, 0.5) is 0 Å². The first-order valence-electron chi connectivity index (χ1n) is 6.58. The average molecular weight is 258 g/mol. The van der Waals surface area contributed by atoms with Crippen molar-refractivity contribution in [2.45, 2.75) is 0 Å². The van der Waals surface area contributed by atoms with E-state index in [0.717, 1.165) is 28.8 Å².